The molecule has 1 aromatic carbocycles. The van der Waals surface area contributed by atoms with Crippen LogP contribution in [-0.2, 0) is 4.79 Å². The summed E-state index contributed by atoms with van der Waals surface area (Å²) in [6.07, 6.45) is 1.90. The maximum atomic E-state index is 11.2. The summed E-state index contributed by atoms with van der Waals surface area (Å²) in [7, 11) is 0. The van der Waals surface area contributed by atoms with Crippen LogP contribution in [0.3, 0.4) is 0 Å². The Bertz CT molecular complexity index is 370. The second-order valence-electron chi connectivity index (χ2n) is 3.36. The van der Waals surface area contributed by atoms with E-state index < -0.39 is 0 Å². The van der Waals surface area contributed by atoms with Crippen LogP contribution in [0.25, 0.3) is 5.43 Å². The van der Waals surface area contributed by atoms with Crippen molar-refractivity contribution in [3.05, 3.63) is 41.3 Å². The lowest BCUT2D eigenvalue weighted by atomic mass is 10.2. The van der Waals surface area contributed by atoms with Gasteiger partial charge in [0.15, 0.2) is 12.0 Å². The van der Waals surface area contributed by atoms with Crippen molar-refractivity contribution in [3.63, 3.8) is 0 Å². The minimum Gasteiger partial charge on any atom is -0.432 e. The minimum absolute atomic E-state index is 0.116. The van der Waals surface area contributed by atoms with E-state index in [4.69, 9.17) is 0 Å². The molecule has 72 valence electrons. The van der Waals surface area contributed by atoms with Crippen LogP contribution in [0.2, 0.25) is 0 Å². The average Bonchev–Trinajstić information content (AvgIpc) is 2.52. The van der Waals surface area contributed by atoms with Crippen LogP contribution in [-0.4, -0.2) is 29.3 Å². The summed E-state index contributed by atoms with van der Waals surface area (Å²) >= 11 is 0. The molecule has 1 fully saturated rings. The van der Waals surface area contributed by atoms with Gasteiger partial charge in [0.2, 0.25) is 6.04 Å². The van der Waals surface area contributed by atoms with E-state index in [9.17, 15) is 4.79 Å². The predicted octanol–water partition coefficient (Wildman–Crippen LogP) is 1.38. The van der Waals surface area contributed by atoms with Crippen molar-refractivity contribution in [2.45, 2.75) is 13.0 Å². The zero-order chi connectivity index (χ0) is 9.97. The summed E-state index contributed by atoms with van der Waals surface area (Å²) in [6.45, 7) is 2.18. The Morgan fingerprint density at radius 2 is 2.14 bits per heavy atom. The van der Waals surface area contributed by atoms with Gasteiger partial charge in [0.25, 0.3) is 0 Å². The Kier molecular flexibility index (Phi) is 2.31. The molecule has 0 radical (unpaired) electrons. The number of Topliss-reactive ketones (excluding diaryl/α,β-unsaturated/α-hetero) is 1. The van der Waals surface area contributed by atoms with Crippen molar-refractivity contribution in [2.75, 3.05) is 6.54 Å². The van der Waals surface area contributed by atoms with E-state index in [1.165, 1.54) is 0 Å². The highest BCUT2D eigenvalue weighted by Gasteiger charge is 2.23. The summed E-state index contributed by atoms with van der Waals surface area (Å²) in [5.41, 5.74) is 5.19. The molecular weight excluding hydrogens is 176 g/mol. The number of ketones is 1. The molecule has 2 rings (SSSR count). The van der Waals surface area contributed by atoms with Crippen LogP contribution in [0, 0.1) is 0 Å². The van der Waals surface area contributed by atoms with Crippen molar-refractivity contribution < 1.29 is 9.48 Å². The van der Waals surface area contributed by atoms with Crippen molar-refractivity contribution >= 4 is 12.0 Å². The van der Waals surface area contributed by atoms with Crippen LogP contribution in [0.4, 0.5) is 0 Å². The first kappa shape index (κ1) is 8.94. The molecule has 0 aliphatic carbocycles. The van der Waals surface area contributed by atoms with E-state index in [1.54, 1.807) is 4.68 Å². The predicted molar refractivity (Wildman–Crippen MR) is 54.6 cm³/mol. The van der Waals surface area contributed by atoms with E-state index in [1.807, 2.05) is 43.5 Å². The second kappa shape index (κ2) is 3.62. The first-order valence-corrected chi connectivity index (χ1v) is 4.66. The number of hydrogen-bond donors (Lipinski definition) is 0. The fraction of sp³-hybridized carbons (Fsp3) is 0.273. The Morgan fingerprint density at radius 3 is 2.71 bits per heavy atom. The normalized spacial score (nSPS) is 23.9. The Morgan fingerprint density at radius 1 is 1.43 bits per heavy atom. The summed E-state index contributed by atoms with van der Waals surface area (Å²) in [6, 6.07) is 9.77. The molecule has 0 spiro atoms. The fourth-order valence-corrected chi connectivity index (χ4v) is 1.40. The molecular formula is C11H12N2O. The van der Waals surface area contributed by atoms with Gasteiger partial charge in [0, 0.05) is 12.5 Å². The molecule has 0 saturated carbocycles. The number of benzene rings is 1. The highest BCUT2D eigenvalue weighted by Crippen LogP contribution is 2.10. The van der Waals surface area contributed by atoms with Crippen LogP contribution < -0.4 is 0 Å². The van der Waals surface area contributed by atoms with Gasteiger partial charge in [-0.2, -0.15) is 0 Å². The lowest BCUT2D eigenvalue weighted by molar-refractivity contribution is -0.483. The van der Waals surface area contributed by atoms with E-state index in [0.29, 0.717) is 6.54 Å². The quantitative estimate of drug-likeness (QED) is 0.613. The van der Waals surface area contributed by atoms with Crippen molar-refractivity contribution in [1.29, 1.82) is 0 Å². The van der Waals surface area contributed by atoms with E-state index in [2.05, 4.69) is 5.43 Å². The Balaban J connectivity index is 2.24. The molecule has 1 aliphatic heterocycles. The molecule has 14 heavy (non-hydrogen) atoms. The monoisotopic (exact) mass is 188 g/mol. The molecule has 3 nitrogen and oxygen atoms in total. The Labute approximate surface area is 83.0 Å². The molecule has 1 atom stereocenters. The summed E-state index contributed by atoms with van der Waals surface area (Å²) in [5, 5.41) is 0. The van der Waals surface area contributed by atoms with Gasteiger partial charge >= 0.3 is 0 Å². The highest BCUT2D eigenvalue weighted by atomic mass is 16.1. The Hall–Kier alpha value is -1.64. The molecule has 1 unspecified atom stereocenters. The van der Waals surface area contributed by atoms with Crippen LogP contribution in [0.1, 0.15) is 12.5 Å². The number of nitrogens with zero attached hydrogens (tertiary/aromatic N) is 2. The highest BCUT2D eigenvalue weighted by molar-refractivity contribution is 5.89. The van der Waals surface area contributed by atoms with Gasteiger partial charge in [0.05, 0.1) is 0 Å². The third-order valence-corrected chi connectivity index (χ3v) is 2.33. The molecule has 1 saturated heterocycles. The van der Waals surface area contributed by atoms with Gasteiger partial charge in [-0.25, -0.2) is 0 Å². The zero-order valence-corrected chi connectivity index (χ0v) is 8.05. The van der Waals surface area contributed by atoms with Crippen LogP contribution >= 0.6 is 0 Å². The fourth-order valence-electron chi connectivity index (χ4n) is 1.40. The molecule has 3 heteroatoms. The van der Waals surface area contributed by atoms with Gasteiger partial charge in [-0.1, -0.05) is 18.2 Å². The van der Waals surface area contributed by atoms with Crippen molar-refractivity contribution in [3.8, 4) is 0 Å². The van der Waals surface area contributed by atoms with Crippen molar-refractivity contribution in [1.82, 2.24) is 0 Å². The summed E-state index contributed by atoms with van der Waals surface area (Å²) in [4.78, 5) is 11.2. The molecule has 0 N–H and O–H groups in total. The number of carbonyl (C=O) groups excluding carboxylic acids is 1. The maximum Gasteiger partial charge on any atom is 0.201 e. The SMILES string of the molecule is CC1C(=O)C[N-]/[N+]1=C/c1ccccc1. The van der Waals surface area contributed by atoms with Crippen LogP contribution in [0.15, 0.2) is 30.3 Å². The second-order valence-corrected chi connectivity index (χ2v) is 3.36. The third kappa shape index (κ3) is 1.66. The van der Waals surface area contributed by atoms with Gasteiger partial charge in [-0.05, 0) is 18.7 Å². The third-order valence-electron chi connectivity index (χ3n) is 2.33. The molecule has 1 aromatic rings. The van der Waals surface area contributed by atoms with Gasteiger partial charge in [-0.3, -0.25) is 9.48 Å². The largest absolute Gasteiger partial charge is 0.432 e. The van der Waals surface area contributed by atoms with E-state index in [0.717, 1.165) is 5.56 Å². The maximum absolute atomic E-state index is 11.2. The van der Waals surface area contributed by atoms with Crippen molar-refractivity contribution in [2.24, 2.45) is 0 Å². The van der Waals surface area contributed by atoms with Gasteiger partial charge < -0.3 is 5.43 Å². The first-order chi connectivity index (χ1) is 6.77. The standard InChI is InChI=1S/C11H12N2O/c1-9-11(14)7-12-13(9)8-10-5-3-2-4-6-10/h2-6,8-9H,7H2,1H3/b13-8+. The van der Waals surface area contributed by atoms with Crippen LogP contribution in [0.5, 0.6) is 0 Å². The first-order valence-electron chi connectivity index (χ1n) is 4.66. The molecule has 1 aliphatic rings. The zero-order valence-electron chi connectivity index (χ0n) is 8.05. The number of rotatable bonds is 1. The number of hydrogen-bond acceptors (Lipinski definition) is 1. The molecule has 0 amide bonds. The molecule has 0 aromatic heterocycles. The molecule has 0 bridgehead atoms. The van der Waals surface area contributed by atoms with E-state index in [-0.39, 0.29) is 11.8 Å². The van der Waals surface area contributed by atoms with Gasteiger partial charge in [0.1, 0.15) is 0 Å². The van der Waals surface area contributed by atoms with Gasteiger partial charge in [-0.15, -0.1) is 0 Å². The summed E-state index contributed by atoms with van der Waals surface area (Å²) in [5.74, 6) is 0.178. The lowest BCUT2D eigenvalue weighted by Crippen LogP contribution is -2.20. The topological polar surface area (TPSA) is 34.2 Å². The number of carbonyl (C=O) groups is 1. The average molecular weight is 188 g/mol. The van der Waals surface area contributed by atoms with E-state index >= 15 is 0 Å². The minimum atomic E-state index is -0.116. The smallest absolute Gasteiger partial charge is 0.201 e. The summed E-state index contributed by atoms with van der Waals surface area (Å²) < 4.78 is 1.73. The molecule has 1 heterocycles. The lowest BCUT2D eigenvalue weighted by Gasteiger charge is -2.07.